The molecule has 7 nitrogen and oxygen atoms in total. The number of nitrogens with two attached hydrogens (primary N) is 1. The molecule has 2 N–H and O–H groups in total. The Bertz CT molecular complexity index is 778. The first kappa shape index (κ1) is 16.2. The molecule has 3 saturated carbocycles. The summed E-state index contributed by atoms with van der Waals surface area (Å²) < 4.78 is 30.0. The Morgan fingerprint density at radius 3 is 2.48 bits per heavy atom. The monoisotopic (exact) mass is 366 g/mol. The Balaban J connectivity index is 1.28. The predicted molar refractivity (Wildman–Crippen MR) is 90.9 cm³/mol. The number of hydrogen-bond acceptors (Lipinski definition) is 5. The van der Waals surface area contributed by atoms with E-state index in [1.165, 1.54) is 42.8 Å². The SMILES string of the molecule is NS(=O)(=O)N1CCC2(CC1)C[C@H]2c1noc(C2CCCCC23CC3)n1. The van der Waals surface area contributed by atoms with Crippen molar-refractivity contribution in [2.75, 3.05) is 13.1 Å². The van der Waals surface area contributed by atoms with Gasteiger partial charge < -0.3 is 4.52 Å². The van der Waals surface area contributed by atoms with Crippen LogP contribution in [0.4, 0.5) is 0 Å². The fraction of sp³-hybridized carbons (Fsp3) is 0.882. The van der Waals surface area contributed by atoms with Gasteiger partial charge in [0.25, 0.3) is 10.2 Å². The topological polar surface area (TPSA) is 102 Å². The molecule has 4 aliphatic rings. The van der Waals surface area contributed by atoms with Crippen molar-refractivity contribution in [3.8, 4) is 0 Å². The van der Waals surface area contributed by atoms with Crippen molar-refractivity contribution in [3.63, 3.8) is 0 Å². The molecule has 2 heterocycles. The van der Waals surface area contributed by atoms with Gasteiger partial charge in [-0.15, -0.1) is 0 Å². The second-order valence-electron chi connectivity index (χ2n) is 8.71. The summed E-state index contributed by atoms with van der Waals surface area (Å²) in [5.74, 6) is 2.49. The van der Waals surface area contributed by atoms with Crippen LogP contribution in [0, 0.1) is 10.8 Å². The van der Waals surface area contributed by atoms with Crippen LogP contribution in [0.15, 0.2) is 4.52 Å². The fourth-order valence-electron chi connectivity index (χ4n) is 5.43. The van der Waals surface area contributed by atoms with Gasteiger partial charge in [-0.3, -0.25) is 0 Å². The van der Waals surface area contributed by atoms with Crippen molar-refractivity contribution < 1.29 is 12.9 Å². The third-order valence-corrected chi connectivity index (χ3v) is 8.47. The molecular weight excluding hydrogens is 340 g/mol. The third kappa shape index (κ3) is 2.64. The molecule has 3 aliphatic carbocycles. The Morgan fingerprint density at radius 2 is 1.80 bits per heavy atom. The van der Waals surface area contributed by atoms with Crippen molar-refractivity contribution in [1.82, 2.24) is 14.4 Å². The molecule has 0 radical (unpaired) electrons. The van der Waals surface area contributed by atoms with Crippen LogP contribution < -0.4 is 5.14 Å². The van der Waals surface area contributed by atoms with Crippen LogP contribution in [0.2, 0.25) is 0 Å². The van der Waals surface area contributed by atoms with E-state index < -0.39 is 10.2 Å². The summed E-state index contributed by atoms with van der Waals surface area (Å²) in [7, 11) is -3.56. The number of rotatable bonds is 3. The average Bonchev–Trinajstić information content (AvgIpc) is 3.44. The second kappa shape index (κ2) is 5.27. The van der Waals surface area contributed by atoms with Gasteiger partial charge in [-0.25, -0.2) is 5.14 Å². The first-order chi connectivity index (χ1) is 11.9. The molecule has 1 aliphatic heterocycles. The zero-order valence-electron chi connectivity index (χ0n) is 14.5. The van der Waals surface area contributed by atoms with E-state index in [0.29, 0.717) is 30.3 Å². The molecule has 138 valence electrons. The molecular formula is C17H26N4O3S. The molecule has 1 aromatic rings. The summed E-state index contributed by atoms with van der Waals surface area (Å²) in [5.41, 5.74) is 0.621. The standard InChI is InChI=1S/C17H26N4O3S/c18-25(22,23)21-9-7-17(8-10-21)11-13(17)14-19-15(24-20-14)12-3-1-2-4-16(12)5-6-16/h12-13H,1-11H2,(H2,18,22,23)/t12?,13-/m0/s1. The molecule has 0 aromatic carbocycles. The quantitative estimate of drug-likeness (QED) is 0.884. The zero-order chi connectivity index (χ0) is 17.3. The van der Waals surface area contributed by atoms with E-state index in [4.69, 9.17) is 14.6 Å². The van der Waals surface area contributed by atoms with E-state index in [1.54, 1.807) is 0 Å². The lowest BCUT2D eigenvalue weighted by atomic mass is 9.76. The zero-order valence-corrected chi connectivity index (χ0v) is 15.3. The first-order valence-electron chi connectivity index (χ1n) is 9.53. The van der Waals surface area contributed by atoms with Gasteiger partial charge in [0.15, 0.2) is 5.82 Å². The number of nitrogens with zero attached hydrogens (tertiary/aromatic N) is 3. The maximum Gasteiger partial charge on any atom is 0.276 e. The van der Waals surface area contributed by atoms with Gasteiger partial charge >= 0.3 is 0 Å². The molecule has 1 saturated heterocycles. The maximum absolute atomic E-state index is 11.5. The molecule has 0 amide bonds. The van der Waals surface area contributed by atoms with Crippen LogP contribution in [0.25, 0.3) is 0 Å². The van der Waals surface area contributed by atoms with E-state index in [0.717, 1.165) is 31.0 Å². The van der Waals surface area contributed by atoms with E-state index in [1.807, 2.05) is 0 Å². The first-order valence-corrected chi connectivity index (χ1v) is 11.0. The van der Waals surface area contributed by atoms with E-state index in [-0.39, 0.29) is 5.41 Å². The Labute approximate surface area is 148 Å². The van der Waals surface area contributed by atoms with Gasteiger partial charge in [-0.05, 0) is 55.8 Å². The van der Waals surface area contributed by atoms with Gasteiger partial charge in [-0.1, -0.05) is 18.0 Å². The van der Waals surface area contributed by atoms with Crippen LogP contribution in [0.5, 0.6) is 0 Å². The minimum atomic E-state index is -3.56. The van der Waals surface area contributed by atoms with Gasteiger partial charge in [-0.2, -0.15) is 17.7 Å². The van der Waals surface area contributed by atoms with Crippen LogP contribution in [-0.2, 0) is 10.2 Å². The lowest BCUT2D eigenvalue weighted by molar-refractivity contribution is 0.226. The molecule has 2 spiro atoms. The van der Waals surface area contributed by atoms with Crippen molar-refractivity contribution in [2.24, 2.45) is 16.0 Å². The number of aromatic nitrogens is 2. The Kier molecular flexibility index (Phi) is 3.41. The second-order valence-corrected chi connectivity index (χ2v) is 10.3. The minimum absolute atomic E-state index is 0.159. The summed E-state index contributed by atoms with van der Waals surface area (Å²) in [6, 6.07) is 0. The molecule has 1 aromatic heterocycles. The Hall–Kier alpha value is -0.990. The molecule has 5 rings (SSSR count). The highest BCUT2D eigenvalue weighted by Gasteiger charge is 2.59. The molecule has 2 atom stereocenters. The summed E-state index contributed by atoms with van der Waals surface area (Å²) in [6.45, 7) is 1.01. The summed E-state index contributed by atoms with van der Waals surface area (Å²) in [6.07, 6.45) is 10.4. The molecule has 8 heteroatoms. The van der Waals surface area contributed by atoms with Crippen molar-refractivity contribution >= 4 is 10.2 Å². The fourth-order valence-corrected chi connectivity index (χ4v) is 6.12. The summed E-state index contributed by atoms with van der Waals surface area (Å²) in [4.78, 5) is 4.81. The molecule has 0 bridgehead atoms. The molecule has 1 unspecified atom stereocenters. The Morgan fingerprint density at radius 1 is 1.04 bits per heavy atom. The molecule has 4 fully saturated rings. The number of piperidine rings is 1. The van der Waals surface area contributed by atoms with Gasteiger partial charge in [0.2, 0.25) is 5.89 Å². The van der Waals surface area contributed by atoms with Gasteiger partial charge in [0, 0.05) is 24.9 Å². The predicted octanol–water partition coefficient (Wildman–Crippen LogP) is 2.28. The van der Waals surface area contributed by atoms with Crippen LogP contribution >= 0.6 is 0 Å². The highest BCUT2D eigenvalue weighted by molar-refractivity contribution is 7.86. The van der Waals surface area contributed by atoms with Crippen LogP contribution in [-0.4, -0.2) is 36.0 Å². The largest absolute Gasteiger partial charge is 0.339 e. The van der Waals surface area contributed by atoms with Crippen LogP contribution in [0.3, 0.4) is 0 Å². The minimum Gasteiger partial charge on any atom is -0.339 e. The number of hydrogen-bond donors (Lipinski definition) is 1. The van der Waals surface area contributed by atoms with E-state index in [9.17, 15) is 8.42 Å². The van der Waals surface area contributed by atoms with Crippen molar-refractivity contribution in [1.29, 1.82) is 0 Å². The van der Waals surface area contributed by atoms with E-state index in [2.05, 4.69) is 5.16 Å². The third-order valence-electron chi connectivity index (χ3n) is 7.38. The normalized spacial score (nSPS) is 33.6. The highest BCUT2D eigenvalue weighted by Crippen LogP contribution is 2.65. The molecule has 25 heavy (non-hydrogen) atoms. The van der Waals surface area contributed by atoms with Crippen LogP contribution in [0.1, 0.15) is 81.3 Å². The van der Waals surface area contributed by atoms with Crippen molar-refractivity contribution in [3.05, 3.63) is 11.7 Å². The average molecular weight is 366 g/mol. The summed E-state index contributed by atoms with van der Waals surface area (Å²) >= 11 is 0. The van der Waals surface area contributed by atoms with Gasteiger partial charge in [0.1, 0.15) is 0 Å². The lowest BCUT2D eigenvalue weighted by Crippen LogP contribution is -2.43. The highest BCUT2D eigenvalue weighted by atomic mass is 32.2. The summed E-state index contributed by atoms with van der Waals surface area (Å²) in [5, 5.41) is 9.56. The lowest BCUT2D eigenvalue weighted by Gasteiger charge is -2.30. The van der Waals surface area contributed by atoms with E-state index >= 15 is 0 Å². The van der Waals surface area contributed by atoms with Gasteiger partial charge in [0.05, 0.1) is 0 Å². The maximum atomic E-state index is 11.5. The van der Waals surface area contributed by atoms with Crippen molar-refractivity contribution in [2.45, 2.75) is 69.6 Å². The smallest absolute Gasteiger partial charge is 0.276 e.